The maximum absolute atomic E-state index is 9.25. The summed E-state index contributed by atoms with van der Waals surface area (Å²) < 4.78 is 4.95. The number of methoxy groups -OCH3 is 1. The Kier molecular flexibility index (Phi) is 6.43. The van der Waals surface area contributed by atoms with Crippen LogP contribution in [0.15, 0.2) is 24.3 Å². The summed E-state index contributed by atoms with van der Waals surface area (Å²) in [7, 11) is 1.54. The van der Waals surface area contributed by atoms with Gasteiger partial charge in [-0.15, -0.1) is 0 Å². The number of aromatic hydroxyl groups is 1. The van der Waals surface area contributed by atoms with Crippen LogP contribution in [0, 0.1) is 0 Å². The summed E-state index contributed by atoms with van der Waals surface area (Å²) in [5.74, 6) is -0.156. The summed E-state index contributed by atoms with van der Waals surface area (Å²) in [5.41, 5.74) is 1.02. The lowest BCUT2D eigenvalue weighted by Gasteiger charge is -2.03. The van der Waals surface area contributed by atoms with Gasteiger partial charge in [0.2, 0.25) is 0 Å². The van der Waals surface area contributed by atoms with Gasteiger partial charge in [-0.1, -0.05) is 18.2 Å². The molecule has 0 aromatic heterocycles. The molecule has 0 bridgehead atoms. The molecule has 0 saturated carbocycles. The summed E-state index contributed by atoms with van der Waals surface area (Å²) >= 11 is 0. The molecule has 2 N–H and O–H groups in total. The van der Waals surface area contributed by atoms with E-state index >= 15 is 0 Å². The van der Waals surface area contributed by atoms with Crippen LogP contribution in [-0.4, -0.2) is 23.3 Å². The summed E-state index contributed by atoms with van der Waals surface area (Å²) in [6, 6.07) is 5.24. The number of benzene rings is 1. The maximum atomic E-state index is 9.25. The van der Waals surface area contributed by atoms with Gasteiger partial charge in [0.25, 0.3) is 5.97 Å². The fourth-order valence-electron chi connectivity index (χ4n) is 0.990. The molecule has 0 spiro atoms. The summed E-state index contributed by atoms with van der Waals surface area (Å²) in [6.07, 6.45) is 3.88. The maximum Gasteiger partial charge on any atom is 0.300 e. The van der Waals surface area contributed by atoms with Crippen LogP contribution in [0.25, 0.3) is 6.08 Å². The molecule has 88 valence electrons. The number of ether oxygens (including phenoxy) is 1. The fraction of sp³-hybridized carbons (Fsp3) is 0.250. The van der Waals surface area contributed by atoms with Crippen LogP contribution in [0.4, 0.5) is 0 Å². The van der Waals surface area contributed by atoms with Gasteiger partial charge in [0.1, 0.15) is 0 Å². The largest absolute Gasteiger partial charge is 0.504 e. The zero-order valence-electron chi connectivity index (χ0n) is 9.60. The Hall–Kier alpha value is -1.97. The molecule has 0 unspecified atom stereocenters. The molecule has 0 fully saturated rings. The van der Waals surface area contributed by atoms with E-state index in [4.69, 9.17) is 14.6 Å². The van der Waals surface area contributed by atoms with Crippen molar-refractivity contribution in [2.75, 3.05) is 7.11 Å². The topological polar surface area (TPSA) is 66.8 Å². The molecule has 0 amide bonds. The highest BCUT2D eigenvalue weighted by atomic mass is 16.5. The second kappa shape index (κ2) is 7.34. The van der Waals surface area contributed by atoms with Crippen molar-refractivity contribution in [1.82, 2.24) is 0 Å². The quantitative estimate of drug-likeness (QED) is 0.810. The van der Waals surface area contributed by atoms with Gasteiger partial charge in [0.05, 0.1) is 7.11 Å². The molecule has 4 nitrogen and oxygen atoms in total. The number of phenols is 1. The molecule has 16 heavy (non-hydrogen) atoms. The number of phenolic OH excluding ortho intramolecular Hbond substituents is 1. The first-order chi connectivity index (χ1) is 7.51. The van der Waals surface area contributed by atoms with Crippen molar-refractivity contribution in [1.29, 1.82) is 0 Å². The number of hydrogen-bond acceptors (Lipinski definition) is 3. The number of aliphatic carboxylic acids is 1. The van der Waals surface area contributed by atoms with Crippen LogP contribution >= 0.6 is 0 Å². The van der Waals surface area contributed by atoms with Crippen molar-refractivity contribution in [3.05, 3.63) is 29.8 Å². The second-order valence-electron chi connectivity index (χ2n) is 2.95. The molecule has 0 aliphatic carbocycles. The first-order valence-corrected chi connectivity index (χ1v) is 4.70. The molecular formula is C12H16O4. The van der Waals surface area contributed by atoms with Gasteiger partial charge in [-0.3, -0.25) is 4.79 Å². The average molecular weight is 224 g/mol. The van der Waals surface area contributed by atoms with E-state index in [0.717, 1.165) is 12.5 Å². The predicted octanol–water partition coefficient (Wildman–Crippen LogP) is 2.52. The van der Waals surface area contributed by atoms with Crippen molar-refractivity contribution >= 4 is 12.0 Å². The molecule has 0 aliphatic rings. The third-order valence-electron chi connectivity index (χ3n) is 1.56. The van der Waals surface area contributed by atoms with Crippen LogP contribution in [0.1, 0.15) is 19.4 Å². The van der Waals surface area contributed by atoms with Gasteiger partial charge < -0.3 is 14.9 Å². The number of carbonyl (C=O) groups is 1. The van der Waals surface area contributed by atoms with E-state index in [1.165, 1.54) is 7.11 Å². The average Bonchev–Trinajstić information content (AvgIpc) is 2.20. The molecule has 0 atom stereocenters. The van der Waals surface area contributed by atoms with Gasteiger partial charge in [0.15, 0.2) is 11.5 Å². The fourth-order valence-corrected chi connectivity index (χ4v) is 0.990. The molecular weight excluding hydrogens is 208 g/mol. The van der Waals surface area contributed by atoms with E-state index in [9.17, 15) is 5.11 Å². The standard InChI is InChI=1S/C10H12O2.C2H4O2/c1-3-4-8-5-6-9(11)10(7-8)12-2;1-2(3)4/h3-7,11H,1-2H3;1H3,(H,3,4)/b4-3+;. The monoisotopic (exact) mass is 224 g/mol. The minimum atomic E-state index is -0.833. The molecule has 0 radical (unpaired) electrons. The number of hydrogen-bond donors (Lipinski definition) is 2. The van der Waals surface area contributed by atoms with E-state index in [1.54, 1.807) is 12.1 Å². The minimum Gasteiger partial charge on any atom is -0.504 e. The van der Waals surface area contributed by atoms with Crippen LogP contribution in [-0.2, 0) is 4.79 Å². The second-order valence-corrected chi connectivity index (χ2v) is 2.95. The Bertz CT molecular complexity index is 365. The zero-order valence-corrected chi connectivity index (χ0v) is 9.60. The van der Waals surface area contributed by atoms with Gasteiger partial charge in [0, 0.05) is 6.92 Å². The number of carboxylic acids is 1. The van der Waals surface area contributed by atoms with Gasteiger partial charge in [-0.25, -0.2) is 0 Å². The summed E-state index contributed by atoms with van der Waals surface area (Å²) in [4.78, 5) is 9.00. The molecule has 1 aromatic carbocycles. The normalized spacial score (nSPS) is 9.44. The summed E-state index contributed by atoms with van der Waals surface area (Å²) in [6.45, 7) is 3.03. The van der Waals surface area contributed by atoms with Crippen LogP contribution in [0.2, 0.25) is 0 Å². The number of carboxylic acid groups (broad SMARTS) is 1. The SMILES string of the molecule is C/C=C/c1ccc(O)c(OC)c1.CC(=O)O. The van der Waals surface area contributed by atoms with Crippen molar-refractivity contribution in [2.45, 2.75) is 13.8 Å². The smallest absolute Gasteiger partial charge is 0.300 e. The molecule has 4 heteroatoms. The van der Waals surface area contributed by atoms with Gasteiger partial charge in [-0.2, -0.15) is 0 Å². The minimum absolute atomic E-state index is 0.172. The highest BCUT2D eigenvalue weighted by molar-refractivity contribution is 5.63. The first-order valence-electron chi connectivity index (χ1n) is 4.70. The van der Waals surface area contributed by atoms with E-state index < -0.39 is 5.97 Å². The van der Waals surface area contributed by atoms with Crippen molar-refractivity contribution < 1.29 is 19.7 Å². The lowest BCUT2D eigenvalue weighted by atomic mass is 10.2. The van der Waals surface area contributed by atoms with E-state index in [-0.39, 0.29) is 5.75 Å². The third kappa shape index (κ3) is 5.70. The Morgan fingerprint density at radius 2 is 2.00 bits per heavy atom. The Labute approximate surface area is 94.8 Å². The first kappa shape index (κ1) is 14.0. The molecule has 1 rings (SSSR count). The lowest BCUT2D eigenvalue weighted by molar-refractivity contribution is -0.134. The Balaban J connectivity index is 0.000000487. The van der Waals surface area contributed by atoms with Gasteiger partial charge in [-0.05, 0) is 24.6 Å². The van der Waals surface area contributed by atoms with Crippen LogP contribution in [0.5, 0.6) is 11.5 Å². The van der Waals surface area contributed by atoms with Crippen molar-refractivity contribution in [3.8, 4) is 11.5 Å². The van der Waals surface area contributed by atoms with E-state index in [1.807, 2.05) is 25.1 Å². The number of rotatable bonds is 2. The highest BCUT2D eigenvalue weighted by Crippen LogP contribution is 2.26. The molecule has 0 saturated heterocycles. The number of allylic oxidation sites excluding steroid dienone is 1. The Morgan fingerprint density at radius 1 is 1.44 bits per heavy atom. The molecule has 0 heterocycles. The van der Waals surface area contributed by atoms with Crippen molar-refractivity contribution in [3.63, 3.8) is 0 Å². The zero-order chi connectivity index (χ0) is 12.6. The van der Waals surface area contributed by atoms with E-state index in [2.05, 4.69) is 0 Å². The van der Waals surface area contributed by atoms with Crippen LogP contribution in [0.3, 0.4) is 0 Å². The summed E-state index contributed by atoms with van der Waals surface area (Å²) in [5, 5.41) is 16.7. The van der Waals surface area contributed by atoms with Crippen molar-refractivity contribution in [2.24, 2.45) is 0 Å². The van der Waals surface area contributed by atoms with Gasteiger partial charge >= 0.3 is 0 Å². The molecule has 1 aromatic rings. The molecule has 0 aliphatic heterocycles. The predicted molar refractivity (Wildman–Crippen MR) is 62.7 cm³/mol. The third-order valence-corrected chi connectivity index (χ3v) is 1.56. The Morgan fingerprint density at radius 3 is 2.44 bits per heavy atom. The highest BCUT2D eigenvalue weighted by Gasteiger charge is 1.99. The van der Waals surface area contributed by atoms with E-state index in [0.29, 0.717) is 5.75 Å². The van der Waals surface area contributed by atoms with Crippen LogP contribution < -0.4 is 4.74 Å². The lowest BCUT2D eigenvalue weighted by Crippen LogP contribution is -1.83.